The van der Waals surface area contributed by atoms with Crippen molar-refractivity contribution >= 4 is 17.3 Å². The first-order valence-electron chi connectivity index (χ1n) is 5.96. The molecule has 0 saturated carbocycles. The van der Waals surface area contributed by atoms with Crippen LogP contribution in [0.1, 0.15) is 18.2 Å². The highest BCUT2D eigenvalue weighted by Crippen LogP contribution is 2.27. The predicted octanol–water partition coefficient (Wildman–Crippen LogP) is 3.36. The van der Waals surface area contributed by atoms with Gasteiger partial charge in [0.15, 0.2) is 0 Å². The SMILES string of the molecule is CCOC(=O)Cc1csc(-c2ccc(F)cc2C)n1. The Hall–Kier alpha value is -1.75. The molecule has 0 aliphatic heterocycles. The smallest absolute Gasteiger partial charge is 0.311 e. The van der Waals surface area contributed by atoms with Crippen LogP contribution in [-0.2, 0) is 16.0 Å². The molecular formula is C14H14FNO2S. The molecule has 0 unspecified atom stereocenters. The van der Waals surface area contributed by atoms with E-state index in [-0.39, 0.29) is 18.2 Å². The maximum absolute atomic E-state index is 13.0. The summed E-state index contributed by atoms with van der Waals surface area (Å²) in [5.41, 5.74) is 2.40. The molecule has 100 valence electrons. The predicted molar refractivity (Wildman–Crippen MR) is 72.6 cm³/mol. The van der Waals surface area contributed by atoms with Crippen molar-refractivity contribution in [3.8, 4) is 10.6 Å². The largest absolute Gasteiger partial charge is 0.466 e. The van der Waals surface area contributed by atoms with E-state index in [0.29, 0.717) is 12.3 Å². The second-order valence-electron chi connectivity index (χ2n) is 4.09. The number of aromatic nitrogens is 1. The molecule has 1 aromatic carbocycles. The van der Waals surface area contributed by atoms with Gasteiger partial charge in [0, 0.05) is 10.9 Å². The summed E-state index contributed by atoms with van der Waals surface area (Å²) in [7, 11) is 0. The monoisotopic (exact) mass is 279 g/mol. The van der Waals surface area contributed by atoms with Gasteiger partial charge in [-0.05, 0) is 37.6 Å². The van der Waals surface area contributed by atoms with Gasteiger partial charge in [0.1, 0.15) is 10.8 Å². The minimum atomic E-state index is -0.282. The molecule has 1 aromatic heterocycles. The molecule has 19 heavy (non-hydrogen) atoms. The average Bonchev–Trinajstić information content (AvgIpc) is 2.77. The van der Waals surface area contributed by atoms with E-state index < -0.39 is 0 Å². The molecule has 0 spiro atoms. The van der Waals surface area contributed by atoms with E-state index in [1.54, 1.807) is 13.0 Å². The summed E-state index contributed by atoms with van der Waals surface area (Å²) < 4.78 is 17.9. The van der Waals surface area contributed by atoms with Gasteiger partial charge in [-0.2, -0.15) is 0 Å². The number of ether oxygens (including phenoxy) is 1. The van der Waals surface area contributed by atoms with Crippen LogP contribution in [0.4, 0.5) is 4.39 Å². The first-order chi connectivity index (χ1) is 9.10. The first kappa shape index (κ1) is 13.7. The van der Waals surface area contributed by atoms with Crippen LogP contribution in [0, 0.1) is 12.7 Å². The van der Waals surface area contributed by atoms with E-state index in [2.05, 4.69) is 4.98 Å². The lowest BCUT2D eigenvalue weighted by Gasteiger charge is -2.02. The molecule has 0 N–H and O–H groups in total. The molecule has 2 rings (SSSR count). The van der Waals surface area contributed by atoms with Crippen LogP contribution < -0.4 is 0 Å². The molecule has 0 saturated heterocycles. The molecule has 0 fully saturated rings. The number of hydrogen-bond acceptors (Lipinski definition) is 4. The second-order valence-corrected chi connectivity index (χ2v) is 4.94. The molecule has 1 heterocycles. The highest BCUT2D eigenvalue weighted by molar-refractivity contribution is 7.13. The molecule has 0 atom stereocenters. The molecule has 0 radical (unpaired) electrons. The number of benzene rings is 1. The molecule has 0 aliphatic rings. The first-order valence-corrected chi connectivity index (χ1v) is 6.84. The van der Waals surface area contributed by atoms with Gasteiger partial charge in [-0.3, -0.25) is 4.79 Å². The number of nitrogens with zero attached hydrogens (tertiary/aromatic N) is 1. The van der Waals surface area contributed by atoms with E-state index >= 15 is 0 Å². The molecule has 0 amide bonds. The Morgan fingerprint density at radius 1 is 1.47 bits per heavy atom. The minimum Gasteiger partial charge on any atom is -0.466 e. The minimum absolute atomic E-state index is 0.171. The van der Waals surface area contributed by atoms with Crippen LogP contribution in [0.2, 0.25) is 0 Å². The Morgan fingerprint density at radius 3 is 2.95 bits per heavy atom. The summed E-state index contributed by atoms with van der Waals surface area (Å²) in [5.74, 6) is -0.542. The van der Waals surface area contributed by atoms with Crippen molar-refractivity contribution in [2.75, 3.05) is 6.61 Å². The fourth-order valence-corrected chi connectivity index (χ4v) is 2.65. The zero-order chi connectivity index (χ0) is 13.8. The van der Waals surface area contributed by atoms with Crippen LogP contribution in [-0.4, -0.2) is 17.6 Å². The Labute approximate surface area is 115 Å². The zero-order valence-corrected chi connectivity index (χ0v) is 11.6. The zero-order valence-electron chi connectivity index (χ0n) is 10.8. The number of thiazole rings is 1. The van der Waals surface area contributed by atoms with Crippen molar-refractivity contribution in [2.45, 2.75) is 20.3 Å². The highest BCUT2D eigenvalue weighted by Gasteiger charge is 2.11. The van der Waals surface area contributed by atoms with Gasteiger partial charge < -0.3 is 4.74 Å². The number of halogens is 1. The molecule has 0 bridgehead atoms. The second kappa shape index (κ2) is 5.93. The third-order valence-corrected chi connectivity index (χ3v) is 3.53. The van der Waals surface area contributed by atoms with Gasteiger partial charge in [0.05, 0.1) is 18.7 Å². The Bertz CT molecular complexity index is 595. The molecule has 0 aliphatic carbocycles. The number of rotatable bonds is 4. The lowest BCUT2D eigenvalue weighted by molar-refractivity contribution is -0.142. The molecule has 3 nitrogen and oxygen atoms in total. The summed E-state index contributed by atoms with van der Waals surface area (Å²) in [6, 6.07) is 4.59. The van der Waals surface area contributed by atoms with Gasteiger partial charge in [-0.25, -0.2) is 9.37 Å². The fraction of sp³-hybridized carbons (Fsp3) is 0.286. The summed E-state index contributed by atoms with van der Waals surface area (Å²) in [5, 5.41) is 2.62. The third kappa shape index (κ3) is 3.38. The maximum atomic E-state index is 13.0. The van der Waals surface area contributed by atoms with Gasteiger partial charge >= 0.3 is 5.97 Å². The van der Waals surface area contributed by atoms with Crippen LogP contribution in [0.5, 0.6) is 0 Å². The Kier molecular flexibility index (Phi) is 4.27. The lowest BCUT2D eigenvalue weighted by Crippen LogP contribution is -2.07. The number of carbonyl (C=O) groups is 1. The number of esters is 1. The van der Waals surface area contributed by atoms with Gasteiger partial charge in [-0.1, -0.05) is 0 Å². The van der Waals surface area contributed by atoms with Crippen molar-refractivity contribution in [1.82, 2.24) is 4.98 Å². The number of carbonyl (C=O) groups excluding carboxylic acids is 1. The lowest BCUT2D eigenvalue weighted by atomic mass is 10.1. The average molecular weight is 279 g/mol. The topological polar surface area (TPSA) is 39.2 Å². The third-order valence-electron chi connectivity index (χ3n) is 2.60. The van der Waals surface area contributed by atoms with Crippen LogP contribution in [0.3, 0.4) is 0 Å². The number of hydrogen-bond donors (Lipinski definition) is 0. The number of aryl methyl sites for hydroxylation is 1. The van der Waals surface area contributed by atoms with Crippen LogP contribution in [0.15, 0.2) is 23.6 Å². The van der Waals surface area contributed by atoms with Crippen molar-refractivity contribution in [1.29, 1.82) is 0 Å². The van der Waals surface area contributed by atoms with E-state index in [0.717, 1.165) is 16.1 Å². The van der Waals surface area contributed by atoms with Crippen molar-refractivity contribution in [2.24, 2.45) is 0 Å². The van der Waals surface area contributed by atoms with Crippen molar-refractivity contribution in [3.05, 3.63) is 40.7 Å². The van der Waals surface area contributed by atoms with Crippen molar-refractivity contribution in [3.63, 3.8) is 0 Å². The molecule has 5 heteroatoms. The van der Waals surface area contributed by atoms with Crippen LogP contribution in [0.25, 0.3) is 10.6 Å². The summed E-state index contributed by atoms with van der Waals surface area (Å²) in [6.07, 6.45) is 0.171. The van der Waals surface area contributed by atoms with E-state index in [1.807, 2.05) is 12.3 Å². The molecular weight excluding hydrogens is 265 g/mol. The summed E-state index contributed by atoms with van der Waals surface area (Å²) >= 11 is 1.44. The van der Waals surface area contributed by atoms with Crippen LogP contribution >= 0.6 is 11.3 Å². The Morgan fingerprint density at radius 2 is 2.26 bits per heavy atom. The van der Waals surface area contributed by atoms with Gasteiger partial charge in [0.25, 0.3) is 0 Å². The Balaban J connectivity index is 2.18. The normalized spacial score (nSPS) is 10.5. The van der Waals surface area contributed by atoms with E-state index in [1.165, 1.54) is 23.5 Å². The van der Waals surface area contributed by atoms with Gasteiger partial charge in [-0.15, -0.1) is 11.3 Å². The summed E-state index contributed by atoms with van der Waals surface area (Å²) in [4.78, 5) is 15.8. The van der Waals surface area contributed by atoms with Crippen molar-refractivity contribution < 1.29 is 13.9 Å². The quantitative estimate of drug-likeness (QED) is 0.806. The van der Waals surface area contributed by atoms with E-state index in [4.69, 9.17) is 4.74 Å². The molecule has 2 aromatic rings. The standard InChI is InChI=1S/C14H14FNO2S/c1-3-18-13(17)7-11-8-19-14(16-11)12-5-4-10(15)6-9(12)2/h4-6,8H,3,7H2,1-2H3. The van der Waals surface area contributed by atoms with E-state index in [9.17, 15) is 9.18 Å². The maximum Gasteiger partial charge on any atom is 0.311 e. The van der Waals surface area contributed by atoms with Gasteiger partial charge in [0.2, 0.25) is 0 Å². The highest BCUT2D eigenvalue weighted by atomic mass is 32.1. The fourth-order valence-electron chi connectivity index (χ4n) is 1.74. The summed E-state index contributed by atoms with van der Waals surface area (Å²) in [6.45, 7) is 3.98.